The van der Waals surface area contributed by atoms with Crippen LogP contribution in [-0.2, 0) is 14.6 Å². The topological polar surface area (TPSA) is 55.4 Å². The van der Waals surface area contributed by atoms with Crippen LogP contribution in [0.4, 0.5) is 0 Å². The first-order valence-corrected chi connectivity index (χ1v) is 10.2. The monoisotopic (exact) mass is 319 g/mol. The average Bonchev–Trinajstić information content (AvgIpc) is 2.44. The predicted octanol–water partition coefficient (Wildman–Crippen LogP) is 2.77. The van der Waals surface area contributed by atoms with E-state index in [1.807, 2.05) is 7.05 Å². The van der Waals surface area contributed by atoms with Gasteiger partial charge in [-0.1, -0.05) is 26.7 Å². The third-order valence-electron chi connectivity index (χ3n) is 4.79. The lowest BCUT2D eigenvalue weighted by atomic mass is 9.73. The Morgan fingerprint density at radius 1 is 1.38 bits per heavy atom. The van der Waals surface area contributed by atoms with Crippen molar-refractivity contribution in [3.63, 3.8) is 0 Å². The van der Waals surface area contributed by atoms with Gasteiger partial charge in [0.1, 0.15) is 9.84 Å². The highest BCUT2D eigenvalue weighted by Crippen LogP contribution is 2.39. The summed E-state index contributed by atoms with van der Waals surface area (Å²) >= 11 is 0. The molecule has 5 heteroatoms. The van der Waals surface area contributed by atoms with Gasteiger partial charge in [0.15, 0.2) is 0 Å². The largest absolute Gasteiger partial charge is 0.374 e. The molecule has 0 bridgehead atoms. The van der Waals surface area contributed by atoms with Crippen LogP contribution in [0.5, 0.6) is 0 Å². The van der Waals surface area contributed by atoms with Gasteiger partial charge in [-0.3, -0.25) is 0 Å². The molecule has 0 saturated heterocycles. The molecule has 1 N–H and O–H groups in total. The molecule has 1 aliphatic carbocycles. The van der Waals surface area contributed by atoms with E-state index in [1.165, 1.54) is 12.8 Å². The van der Waals surface area contributed by atoms with Crippen LogP contribution in [0.15, 0.2) is 0 Å². The molecule has 21 heavy (non-hydrogen) atoms. The minimum Gasteiger partial charge on any atom is -0.374 e. The van der Waals surface area contributed by atoms with Crippen LogP contribution in [-0.4, -0.2) is 45.2 Å². The molecule has 0 aromatic rings. The first-order chi connectivity index (χ1) is 9.89. The maximum Gasteiger partial charge on any atom is 0.150 e. The minimum atomic E-state index is -2.87. The highest BCUT2D eigenvalue weighted by Gasteiger charge is 2.41. The van der Waals surface area contributed by atoms with Gasteiger partial charge in [0.05, 0.1) is 11.4 Å². The summed E-state index contributed by atoms with van der Waals surface area (Å²) in [6, 6.07) is 0.243. The number of sulfone groups is 1. The van der Waals surface area contributed by atoms with E-state index < -0.39 is 9.84 Å². The molecule has 1 fully saturated rings. The minimum absolute atomic E-state index is 0.114. The van der Waals surface area contributed by atoms with Crippen molar-refractivity contribution >= 4 is 9.84 Å². The molecule has 126 valence electrons. The second kappa shape index (κ2) is 8.49. The fraction of sp³-hybridized carbons (Fsp3) is 1.00. The van der Waals surface area contributed by atoms with Gasteiger partial charge < -0.3 is 10.1 Å². The molecule has 1 saturated carbocycles. The maximum atomic E-state index is 11.7. The third-order valence-corrected chi connectivity index (χ3v) is 6.58. The highest BCUT2D eigenvalue weighted by atomic mass is 32.2. The Bertz CT molecular complexity index is 392. The van der Waals surface area contributed by atoms with E-state index >= 15 is 0 Å². The molecule has 3 unspecified atom stereocenters. The molecule has 0 aliphatic heterocycles. The highest BCUT2D eigenvalue weighted by molar-refractivity contribution is 7.91. The first kappa shape index (κ1) is 18.9. The van der Waals surface area contributed by atoms with Gasteiger partial charge in [0.2, 0.25) is 0 Å². The van der Waals surface area contributed by atoms with E-state index in [-0.39, 0.29) is 17.4 Å². The number of rotatable bonds is 9. The molecule has 0 aromatic heterocycles. The number of hydrogen-bond donors (Lipinski definition) is 1. The average molecular weight is 320 g/mol. The van der Waals surface area contributed by atoms with Crippen LogP contribution < -0.4 is 5.32 Å². The normalized spacial score (nSPS) is 28.5. The van der Waals surface area contributed by atoms with E-state index in [2.05, 4.69) is 19.2 Å². The summed E-state index contributed by atoms with van der Waals surface area (Å²) in [6.45, 7) is 6.78. The van der Waals surface area contributed by atoms with Crippen molar-refractivity contribution in [2.45, 2.75) is 70.9 Å². The molecule has 0 aromatic carbocycles. The second-order valence-corrected chi connectivity index (χ2v) is 8.89. The van der Waals surface area contributed by atoms with Crippen molar-refractivity contribution in [2.24, 2.45) is 5.92 Å². The van der Waals surface area contributed by atoms with Gasteiger partial charge in [-0.15, -0.1) is 0 Å². The molecular formula is C16H33NO3S. The van der Waals surface area contributed by atoms with E-state index in [1.54, 1.807) is 6.92 Å². The molecule has 1 rings (SSSR count). The molecule has 3 atom stereocenters. The lowest BCUT2D eigenvalue weighted by Crippen LogP contribution is -2.54. The van der Waals surface area contributed by atoms with Crippen LogP contribution in [0.3, 0.4) is 0 Å². The summed E-state index contributed by atoms with van der Waals surface area (Å²) in [5, 5.41) is 3.40. The summed E-state index contributed by atoms with van der Waals surface area (Å²) in [5.41, 5.74) is -0.114. The molecule has 4 nitrogen and oxygen atoms in total. The Morgan fingerprint density at radius 2 is 2.10 bits per heavy atom. The lowest BCUT2D eigenvalue weighted by molar-refractivity contribution is -0.100. The zero-order valence-electron chi connectivity index (χ0n) is 14.2. The van der Waals surface area contributed by atoms with Crippen LogP contribution in [0.2, 0.25) is 0 Å². The van der Waals surface area contributed by atoms with Gasteiger partial charge >= 0.3 is 0 Å². The molecule has 0 radical (unpaired) electrons. The van der Waals surface area contributed by atoms with Gasteiger partial charge in [-0.05, 0) is 45.6 Å². The lowest BCUT2D eigenvalue weighted by Gasteiger charge is -2.45. The Balaban J connectivity index is 2.69. The number of ether oxygens (including phenoxy) is 1. The molecule has 0 heterocycles. The predicted molar refractivity (Wildman–Crippen MR) is 88.4 cm³/mol. The molecular weight excluding hydrogens is 286 g/mol. The van der Waals surface area contributed by atoms with Gasteiger partial charge in [0, 0.05) is 18.4 Å². The summed E-state index contributed by atoms with van der Waals surface area (Å²) in [7, 11) is -0.894. The summed E-state index contributed by atoms with van der Waals surface area (Å²) in [5.74, 6) is 1.21. The summed E-state index contributed by atoms with van der Waals surface area (Å²) in [6.07, 6.45) is 6.21. The van der Waals surface area contributed by atoms with Crippen molar-refractivity contribution < 1.29 is 13.2 Å². The Morgan fingerprint density at radius 3 is 2.62 bits per heavy atom. The van der Waals surface area contributed by atoms with E-state index in [9.17, 15) is 8.42 Å². The van der Waals surface area contributed by atoms with Crippen molar-refractivity contribution in [3.8, 4) is 0 Å². The fourth-order valence-corrected chi connectivity index (χ4v) is 4.60. The standard InChI is InChI=1S/C16H33NO3S/c1-5-20-16(11-7-9-14(3)13-16)15(17-4)10-8-12-21(18,19)6-2/h14-15,17H,5-13H2,1-4H3. The summed E-state index contributed by atoms with van der Waals surface area (Å²) < 4.78 is 29.5. The third kappa shape index (κ3) is 5.53. The Kier molecular flexibility index (Phi) is 7.65. The van der Waals surface area contributed by atoms with Crippen LogP contribution >= 0.6 is 0 Å². The Labute approximate surface area is 130 Å². The van der Waals surface area contributed by atoms with Crippen LogP contribution in [0, 0.1) is 5.92 Å². The van der Waals surface area contributed by atoms with Crippen LogP contribution in [0.25, 0.3) is 0 Å². The number of nitrogens with one attached hydrogen (secondary N) is 1. The zero-order valence-corrected chi connectivity index (χ0v) is 15.0. The van der Waals surface area contributed by atoms with Crippen molar-refractivity contribution in [1.82, 2.24) is 5.32 Å². The van der Waals surface area contributed by atoms with Gasteiger partial charge in [0.25, 0.3) is 0 Å². The van der Waals surface area contributed by atoms with Gasteiger partial charge in [-0.2, -0.15) is 0 Å². The van der Waals surface area contributed by atoms with Crippen LogP contribution in [0.1, 0.15) is 59.3 Å². The fourth-order valence-electron chi connectivity index (χ4n) is 3.70. The smallest absolute Gasteiger partial charge is 0.150 e. The quantitative estimate of drug-likeness (QED) is 0.710. The van der Waals surface area contributed by atoms with Crippen molar-refractivity contribution in [3.05, 3.63) is 0 Å². The first-order valence-electron chi connectivity index (χ1n) is 8.40. The SMILES string of the molecule is CCOC1(C(CCCS(=O)(=O)CC)NC)CCCC(C)C1. The van der Waals surface area contributed by atoms with Gasteiger partial charge in [-0.25, -0.2) is 8.42 Å². The van der Waals surface area contributed by atoms with E-state index in [4.69, 9.17) is 4.74 Å². The summed E-state index contributed by atoms with van der Waals surface area (Å²) in [4.78, 5) is 0. The van der Waals surface area contributed by atoms with E-state index in [0.29, 0.717) is 18.1 Å². The van der Waals surface area contributed by atoms with E-state index in [0.717, 1.165) is 25.9 Å². The van der Waals surface area contributed by atoms with Crippen molar-refractivity contribution in [2.75, 3.05) is 25.2 Å². The van der Waals surface area contributed by atoms with Crippen molar-refractivity contribution in [1.29, 1.82) is 0 Å². The zero-order chi connectivity index (χ0) is 15.9. The molecule has 0 amide bonds. The molecule has 0 spiro atoms. The number of hydrogen-bond acceptors (Lipinski definition) is 4. The number of likely N-dealkylation sites (N-methyl/N-ethyl adjacent to an activating group) is 1. The second-order valence-electron chi connectivity index (χ2n) is 6.42. The maximum absolute atomic E-state index is 11.7. The Hall–Kier alpha value is -0.130. The molecule has 1 aliphatic rings.